The summed E-state index contributed by atoms with van der Waals surface area (Å²) >= 11 is 0. The van der Waals surface area contributed by atoms with E-state index in [1.807, 2.05) is 61.5 Å². The molecule has 0 saturated carbocycles. The zero-order valence-corrected chi connectivity index (χ0v) is 17.0. The number of hydrogen-bond donors (Lipinski definition) is 3. The first-order valence-electron chi connectivity index (χ1n) is 9.76. The number of ether oxygens (including phenoxy) is 1. The molecule has 0 fully saturated rings. The molecule has 8 heteroatoms. The minimum absolute atomic E-state index is 0.427. The van der Waals surface area contributed by atoms with Gasteiger partial charge in [0, 0.05) is 30.7 Å². The Labute approximate surface area is 180 Å². The molecular formula is C23H21N7O. The fourth-order valence-electron chi connectivity index (χ4n) is 3.05. The van der Waals surface area contributed by atoms with Crippen molar-refractivity contribution in [3.8, 4) is 16.9 Å². The highest BCUT2D eigenvalue weighted by molar-refractivity contribution is 5.88. The van der Waals surface area contributed by atoms with E-state index < -0.39 is 0 Å². The number of nitrogens with zero attached hydrogens (tertiary/aromatic N) is 4. The number of nitrogens with one attached hydrogen (secondary N) is 3. The number of aromatic amines is 1. The molecule has 1 aromatic carbocycles. The van der Waals surface area contributed by atoms with Crippen molar-refractivity contribution in [1.82, 2.24) is 20.2 Å². The molecule has 0 spiro atoms. The molecule has 31 heavy (non-hydrogen) atoms. The number of benzene rings is 1. The minimum atomic E-state index is 0.427. The standard InChI is InChI=1S/C23H21N7O/c1-16-13-21(30-29-16)27-20-14-19(17-7-6-10-25-15-17)22(24-2)23(28-20)26-11-12-31-18-8-4-3-5-9-18/h3-10,13-15H,11-12H2,1H3,(H3,26,27,28,29,30). The van der Waals surface area contributed by atoms with Crippen LogP contribution < -0.4 is 15.4 Å². The van der Waals surface area contributed by atoms with Gasteiger partial charge in [0.1, 0.15) is 24.0 Å². The third-order valence-corrected chi connectivity index (χ3v) is 4.45. The SMILES string of the molecule is [C-]#[N+]c1c(-c2cccnc2)cc(Nc2cc(C)[nH]n2)nc1NCCOc1ccccc1. The van der Waals surface area contributed by atoms with Gasteiger partial charge in [0.15, 0.2) is 5.82 Å². The monoisotopic (exact) mass is 411 g/mol. The van der Waals surface area contributed by atoms with Crippen LogP contribution in [0.5, 0.6) is 5.75 Å². The van der Waals surface area contributed by atoms with Crippen molar-refractivity contribution >= 4 is 23.1 Å². The molecule has 0 radical (unpaired) electrons. The summed E-state index contributed by atoms with van der Waals surface area (Å²) in [5.74, 6) is 2.49. The van der Waals surface area contributed by atoms with E-state index in [1.165, 1.54) is 0 Å². The van der Waals surface area contributed by atoms with Gasteiger partial charge in [-0.3, -0.25) is 10.1 Å². The minimum Gasteiger partial charge on any atom is -0.492 e. The predicted octanol–water partition coefficient (Wildman–Crippen LogP) is 4.96. The number of H-pyrrole nitrogens is 1. The van der Waals surface area contributed by atoms with Gasteiger partial charge in [-0.05, 0) is 42.3 Å². The lowest BCUT2D eigenvalue weighted by Gasteiger charge is -2.14. The molecule has 0 aliphatic heterocycles. The Hall–Kier alpha value is -4.38. The largest absolute Gasteiger partial charge is 0.492 e. The van der Waals surface area contributed by atoms with Crippen LogP contribution in [0.25, 0.3) is 16.0 Å². The summed E-state index contributed by atoms with van der Waals surface area (Å²) in [7, 11) is 0. The molecule has 154 valence electrons. The van der Waals surface area contributed by atoms with Crippen molar-refractivity contribution in [2.75, 3.05) is 23.8 Å². The van der Waals surface area contributed by atoms with Gasteiger partial charge in [-0.15, -0.1) is 0 Å². The Morgan fingerprint density at radius 1 is 1.10 bits per heavy atom. The number of para-hydroxylation sites is 1. The van der Waals surface area contributed by atoms with Gasteiger partial charge in [0.05, 0.1) is 6.57 Å². The Balaban J connectivity index is 1.60. The zero-order chi connectivity index (χ0) is 21.5. The first-order chi connectivity index (χ1) is 15.2. The molecule has 0 saturated heterocycles. The van der Waals surface area contributed by atoms with Crippen LogP contribution in [0.3, 0.4) is 0 Å². The second-order valence-corrected chi connectivity index (χ2v) is 6.76. The van der Waals surface area contributed by atoms with Gasteiger partial charge in [0.2, 0.25) is 5.69 Å². The summed E-state index contributed by atoms with van der Waals surface area (Å²) in [6, 6.07) is 17.1. The maximum Gasteiger partial charge on any atom is 0.236 e. The van der Waals surface area contributed by atoms with Crippen LogP contribution in [0, 0.1) is 13.5 Å². The summed E-state index contributed by atoms with van der Waals surface area (Å²) in [5.41, 5.74) is 2.93. The Morgan fingerprint density at radius 2 is 1.97 bits per heavy atom. The number of rotatable bonds is 8. The fourth-order valence-corrected chi connectivity index (χ4v) is 3.05. The van der Waals surface area contributed by atoms with Crippen molar-refractivity contribution in [1.29, 1.82) is 0 Å². The van der Waals surface area contributed by atoms with E-state index in [0.717, 1.165) is 22.6 Å². The number of aromatic nitrogens is 4. The van der Waals surface area contributed by atoms with Crippen molar-refractivity contribution in [3.63, 3.8) is 0 Å². The third kappa shape index (κ3) is 4.97. The van der Waals surface area contributed by atoms with Crippen molar-refractivity contribution in [2.45, 2.75) is 6.92 Å². The second-order valence-electron chi connectivity index (χ2n) is 6.76. The zero-order valence-electron chi connectivity index (χ0n) is 17.0. The molecule has 3 aromatic heterocycles. The number of hydrogen-bond acceptors (Lipinski definition) is 6. The normalized spacial score (nSPS) is 10.3. The van der Waals surface area contributed by atoms with E-state index in [-0.39, 0.29) is 0 Å². The lowest BCUT2D eigenvalue weighted by Crippen LogP contribution is -2.13. The van der Waals surface area contributed by atoms with Crippen molar-refractivity contribution in [3.05, 3.63) is 84.1 Å². The lowest BCUT2D eigenvalue weighted by atomic mass is 10.1. The highest BCUT2D eigenvalue weighted by atomic mass is 16.5. The van der Waals surface area contributed by atoms with E-state index >= 15 is 0 Å². The van der Waals surface area contributed by atoms with Gasteiger partial charge in [-0.1, -0.05) is 24.3 Å². The van der Waals surface area contributed by atoms with Gasteiger partial charge in [0.25, 0.3) is 0 Å². The average molecular weight is 411 g/mol. The Kier molecular flexibility index (Phi) is 6.05. The summed E-state index contributed by atoms with van der Waals surface area (Å²) in [5, 5.41) is 13.5. The highest BCUT2D eigenvalue weighted by Crippen LogP contribution is 2.38. The molecule has 3 N–H and O–H groups in total. The molecule has 0 amide bonds. The van der Waals surface area contributed by atoms with Crippen LogP contribution in [0.1, 0.15) is 5.69 Å². The fraction of sp³-hybridized carbons (Fsp3) is 0.130. The lowest BCUT2D eigenvalue weighted by molar-refractivity contribution is 0.333. The van der Waals surface area contributed by atoms with E-state index in [9.17, 15) is 0 Å². The Bertz CT molecular complexity index is 1180. The van der Waals surface area contributed by atoms with E-state index in [1.54, 1.807) is 12.4 Å². The first kappa shape index (κ1) is 19.9. The second kappa shape index (κ2) is 9.41. The number of pyridine rings is 2. The van der Waals surface area contributed by atoms with Gasteiger partial charge in [-0.25, -0.2) is 9.83 Å². The van der Waals surface area contributed by atoms with Gasteiger partial charge in [-0.2, -0.15) is 5.10 Å². The first-order valence-corrected chi connectivity index (χ1v) is 9.76. The summed E-state index contributed by atoms with van der Waals surface area (Å²) in [4.78, 5) is 12.5. The van der Waals surface area contributed by atoms with E-state index in [0.29, 0.717) is 36.3 Å². The molecule has 4 rings (SSSR count). The topological polar surface area (TPSA) is 92.1 Å². The molecule has 4 aromatic rings. The van der Waals surface area contributed by atoms with Crippen molar-refractivity contribution in [2.24, 2.45) is 0 Å². The van der Waals surface area contributed by atoms with Gasteiger partial charge < -0.3 is 15.4 Å². The maximum absolute atomic E-state index is 7.74. The summed E-state index contributed by atoms with van der Waals surface area (Å²) in [6.45, 7) is 10.6. The molecule has 0 atom stereocenters. The van der Waals surface area contributed by atoms with Gasteiger partial charge >= 0.3 is 0 Å². The molecular weight excluding hydrogens is 390 g/mol. The molecule has 0 aliphatic carbocycles. The molecule has 0 bridgehead atoms. The van der Waals surface area contributed by atoms with Crippen molar-refractivity contribution < 1.29 is 4.74 Å². The molecule has 8 nitrogen and oxygen atoms in total. The third-order valence-electron chi connectivity index (χ3n) is 4.45. The van der Waals surface area contributed by atoms with Crippen LogP contribution in [-0.2, 0) is 0 Å². The number of aryl methyl sites for hydroxylation is 1. The molecule has 3 heterocycles. The predicted molar refractivity (Wildman–Crippen MR) is 121 cm³/mol. The molecule has 0 aliphatic rings. The van der Waals surface area contributed by atoms with E-state index in [4.69, 9.17) is 11.3 Å². The smallest absolute Gasteiger partial charge is 0.236 e. The van der Waals surface area contributed by atoms with Crippen LogP contribution in [0.4, 0.5) is 23.1 Å². The summed E-state index contributed by atoms with van der Waals surface area (Å²) in [6.07, 6.45) is 3.43. The van der Waals surface area contributed by atoms with Crippen LogP contribution in [0.2, 0.25) is 0 Å². The maximum atomic E-state index is 7.74. The van der Waals surface area contributed by atoms with E-state index in [2.05, 4.69) is 35.6 Å². The molecule has 0 unspecified atom stereocenters. The quantitative estimate of drug-likeness (QED) is 0.280. The van der Waals surface area contributed by atoms with Crippen LogP contribution in [-0.4, -0.2) is 33.3 Å². The van der Waals surface area contributed by atoms with Crippen LogP contribution in [0.15, 0.2) is 67.0 Å². The van der Waals surface area contributed by atoms with Crippen LogP contribution >= 0.6 is 0 Å². The number of anilines is 3. The summed E-state index contributed by atoms with van der Waals surface area (Å²) < 4.78 is 5.74. The average Bonchev–Trinajstić information content (AvgIpc) is 3.22. The highest BCUT2D eigenvalue weighted by Gasteiger charge is 2.15. The Morgan fingerprint density at radius 3 is 2.68 bits per heavy atom.